The van der Waals surface area contributed by atoms with Crippen molar-refractivity contribution >= 4 is 17.0 Å². The van der Waals surface area contributed by atoms with Gasteiger partial charge in [0.25, 0.3) is 0 Å². The van der Waals surface area contributed by atoms with Gasteiger partial charge in [0.1, 0.15) is 12.7 Å². The van der Waals surface area contributed by atoms with E-state index in [0.29, 0.717) is 0 Å². The van der Waals surface area contributed by atoms with E-state index in [9.17, 15) is 0 Å². The molecular formula is C13H13N5S. The predicted octanol–water partition coefficient (Wildman–Crippen LogP) is 2.64. The SMILES string of the molecule is Cc1ccc(CNc2cccnc2-n2cncn2)s1. The molecule has 3 rings (SSSR count). The van der Waals surface area contributed by atoms with Gasteiger partial charge in [-0.15, -0.1) is 11.3 Å². The second-order valence-electron chi connectivity index (χ2n) is 4.08. The van der Waals surface area contributed by atoms with Gasteiger partial charge in [-0.25, -0.2) is 14.6 Å². The molecule has 0 fully saturated rings. The first-order valence-corrected chi connectivity index (χ1v) is 6.74. The van der Waals surface area contributed by atoms with Crippen LogP contribution in [0.2, 0.25) is 0 Å². The summed E-state index contributed by atoms with van der Waals surface area (Å²) in [5.41, 5.74) is 0.944. The Hall–Kier alpha value is -2.21. The molecule has 3 heterocycles. The van der Waals surface area contributed by atoms with Gasteiger partial charge in [-0.3, -0.25) is 0 Å². The first-order chi connectivity index (χ1) is 9.33. The Labute approximate surface area is 115 Å². The number of thiophene rings is 1. The normalized spacial score (nSPS) is 10.6. The van der Waals surface area contributed by atoms with Crippen LogP contribution in [0.15, 0.2) is 43.1 Å². The first kappa shape index (κ1) is 11.9. The Balaban J connectivity index is 1.81. The van der Waals surface area contributed by atoms with E-state index in [0.717, 1.165) is 18.1 Å². The molecule has 0 unspecified atom stereocenters. The topological polar surface area (TPSA) is 55.6 Å². The Bertz CT molecular complexity index is 659. The minimum Gasteiger partial charge on any atom is -0.377 e. The van der Waals surface area contributed by atoms with E-state index in [-0.39, 0.29) is 0 Å². The summed E-state index contributed by atoms with van der Waals surface area (Å²) in [5.74, 6) is 0.758. The van der Waals surface area contributed by atoms with E-state index in [1.807, 2.05) is 12.1 Å². The van der Waals surface area contributed by atoms with E-state index in [1.165, 1.54) is 16.1 Å². The first-order valence-electron chi connectivity index (χ1n) is 5.92. The second-order valence-corrected chi connectivity index (χ2v) is 5.45. The van der Waals surface area contributed by atoms with Gasteiger partial charge in [-0.1, -0.05) is 0 Å². The summed E-state index contributed by atoms with van der Waals surface area (Å²) in [6.45, 7) is 2.89. The Kier molecular flexibility index (Phi) is 3.24. The van der Waals surface area contributed by atoms with Gasteiger partial charge >= 0.3 is 0 Å². The third-order valence-electron chi connectivity index (χ3n) is 2.67. The number of aromatic nitrogens is 4. The van der Waals surface area contributed by atoms with Crippen molar-refractivity contribution in [2.45, 2.75) is 13.5 Å². The van der Waals surface area contributed by atoms with E-state index in [2.05, 4.69) is 39.4 Å². The van der Waals surface area contributed by atoms with Crippen molar-refractivity contribution in [1.29, 1.82) is 0 Å². The largest absolute Gasteiger partial charge is 0.377 e. The monoisotopic (exact) mass is 271 g/mol. The fraction of sp³-hybridized carbons (Fsp3) is 0.154. The molecule has 3 aromatic heterocycles. The van der Waals surface area contributed by atoms with Crippen LogP contribution < -0.4 is 5.32 Å². The summed E-state index contributed by atoms with van der Waals surface area (Å²) >= 11 is 1.79. The van der Waals surface area contributed by atoms with Crippen LogP contribution in [0.5, 0.6) is 0 Å². The highest BCUT2D eigenvalue weighted by Gasteiger charge is 2.06. The van der Waals surface area contributed by atoms with Crippen LogP contribution in [0.25, 0.3) is 5.82 Å². The maximum absolute atomic E-state index is 4.34. The highest BCUT2D eigenvalue weighted by molar-refractivity contribution is 7.11. The number of rotatable bonds is 4. The van der Waals surface area contributed by atoms with Crippen LogP contribution in [0.4, 0.5) is 5.69 Å². The van der Waals surface area contributed by atoms with Gasteiger partial charge < -0.3 is 5.32 Å². The van der Waals surface area contributed by atoms with Gasteiger partial charge in [-0.2, -0.15) is 5.10 Å². The molecule has 0 saturated carbocycles. The van der Waals surface area contributed by atoms with Crippen LogP contribution in [-0.4, -0.2) is 19.7 Å². The lowest BCUT2D eigenvalue weighted by atomic mass is 10.3. The molecule has 0 spiro atoms. The van der Waals surface area contributed by atoms with Crippen molar-refractivity contribution in [3.05, 3.63) is 52.9 Å². The molecular weight excluding hydrogens is 258 g/mol. The van der Waals surface area contributed by atoms with Crippen LogP contribution in [0, 0.1) is 6.92 Å². The molecule has 0 saturated heterocycles. The third kappa shape index (κ3) is 2.63. The van der Waals surface area contributed by atoms with Crippen molar-refractivity contribution in [3.63, 3.8) is 0 Å². The zero-order valence-electron chi connectivity index (χ0n) is 10.4. The molecule has 96 valence electrons. The molecule has 0 aliphatic rings. The summed E-state index contributed by atoms with van der Waals surface area (Å²) in [6, 6.07) is 8.16. The van der Waals surface area contributed by atoms with Crippen LogP contribution in [0.3, 0.4) is 0 Å². The molecule has 19 heavy (non-hydrogen) atoms. The molecule has 3 aromatic rings. The van der Waals surface area contributed by atoms with Crippen molar-refractivity contribution in [1.82, 2.24) is 19.7 Å². The number of hydrogen-bond acceptors (Lipinski definition) is 5. The zero-order valence-corrected chi connectivity index (χ0v) is 11.3. The lowest BCUT2D eigenvalue weighted by Crippen LogP contribution is -2.05. The minimum absolute atomic E-state index is 0.758. The molecule has 1 N–H and O–H groups in total. The summed E-state index contributed by atoms with van der Waals surface area (Å²) in [5, 5.41) is 7.50. The summed E-state index contributed by atoms with van der Waals surface area (Å²) < 4.78 is 1.65. The van der Waals surface area contributed by atoms with E-state index in [1.54, 1.807) is 28.5 Å². The average Bonchev–Trinajstić information content (AvgIpc) is 3.08. The van der Waals surface area contributed by atoms with E-state index in [4.69, 9.17) is 0 Å². The average molecular weight is 271 g/mol. The Morgan fingerprint density at radius 3 is 3.00 bits per heavy atom. The standard InChI is InChI=1S/C13H13N5S/c1-10-4-5-11(19-10)7-16-12-3-2-6-15-13(12)18-9-14-8-17-18/h2-6,8-9,16H,7H2,1H3. The van der Waals surface area contributed by atoms with Gasteiger partial charge in [0.15, 0.2) is 5.82 Å². The number of nitrogens with zero attached hydrogens (tertiary/aromatic N) is 4. The molecule has 6 heteroatoms. The summed E-state index contributed by atoms with van der Waals surface area (Å²) in [7, 11) is 0. The molecule has 0 atom stereocenters. The minimum atomic E-state index is 0.758. The quantitative estimate of drug-likeness (QED) is 0.792. The third-order valence-corrected chi connectivity index (χ3v) is 3.67. The van der Waals surface area contributed by atoms with Crippen molar-refractivity contribution in [2.24, 2.45) is 0 Å². The van der Waals surface area contributed by atoms with Gasteiger partial charge in [0.05, 0.1) is 5.69 Å². The van der Waals surface area contributed by atoms with Gasteiger partial charge in [0, 0.05) is 22.5 Å². The van der Waals surface area contributed by atoms with Crippen molar-refractivity contribution in [2.75, 3.05) is 5.32 Å². The lowest BCUT2D eigenvalue weighted by Gasteiger charge is -2.09. The number of pyridine rings is 1. The van der Waals surface area contributed by atoms with Gasteiger partial charge in [0.2, 0.25) is 0 Å². The molecule has 0 bridgehead atoms. The molecule has 0 amide bonds. The number of aryl methyl sites for hydroxylation is 1. The second kappa shape index (κ2) is 5.19. The molecule has 0 aromatic carbocycles. The number of anilines is 1. The highest BCUT2D eigenvalue weighted by atomic mass is 32.1. The fourth-order valence-corrected chi connectivity index (χ4v) is 2.63. The lowest BCUT2D eigenvalue weighted by molar-refractivity contribution is 0.845. The zero-order chi connectivity index (χ0) is 13.1. The van der Waals surface area contributed by atoms with Crippen LogP contribution >= 0.6 is 11.3 Å². The highest BCUT2D eigenvalue weighted by Crippen LogP contribution is 2.20. The predicted molar refractivity (Wildman–Crippen MR) is 75.5 cm³/mol. The maximum atomic E-state index is 4.34. The summed E-state index contributed by atoms with van der Waals surface area (Å²) in [4.78, 5) is 10.9. The van der Waals surface area contributed by atoms with E-state index < -0.39 is 0 Å². The number of nitrogens with one attached hydrogen (secondary N) is 1. The Morgan fingerprint density at radius 2 is 2.26 bits per heavy atom. The fourth-order valence-electron chi connectivity index (χ4n) is 1.80. The number of hydrogen-bond donors (Lipinski definition) is 1. The van der Waals surface area contributed by atoms with E-state index >= 15 is 0 Å². The van der Waals surface area contributed by atoms with Crippen LogP contribution in [0.1, 0.15) is 9.75 Å². The molecule has 0 radical (unpaired) electrons. The molecule has 5 nitrogen and oxygen atoms in total. The van der Waals surface area contributed by atoms with Gasteiger partial charge in [-0.05, 0) is 31.2 Å². The van der Waals surface area contributed by atoms with Crippen molar-refractivity contribution < 1.29 is 0 Å². The smallest absolute Gasteiger partial charge is 0.178 e. The van der Waals surface area contributed by atoms with Crippen LogP contribution in [-0.2, 0) is 6.54 Å². The maximum Gasteiger partial charge on any atom is 0.178 e. The molecule has 0 aliphatic carbocycles. The van der Waals surface area contributed by atoms with Crippen molar-refractivity contribution in [3.8, 4) is 5.82 Å². The Morgan fingerprint density at radius 1 is 1.32 bits per heavy atom. The molecule has 0 aliphatic heterocycles. The summed E-state index contributed by atoms with van der Waals surface area (Å²) in [6.07, 6.45) is 4.89.